The first-order chi connectivity index (χ1) is 10.6. The molecule has 0 unspecified atom stereocenters. The second-order valence-corrected chi connectivity index (χ2v) is 5.84. The van der Waals surface area contributed by atoms with E-state index in [0.717, 1.165) is 36.1 Å². The first-order valence-corrected chi connectivity index (χ1v) is 7.89. The average Bonchev–Trinajstić information content (AvgIpc) is 2.51. The summed E-state index contributed by atoms with van der Waals surface area (Å²) < 4.78 is 0. The summed E-state index contributed by atoms with van der Waals surface area (Å²) in [6.07, 6.45) is 5.87. The van der Waals surface area contributed by atoms with E-state index in [0.29, 0.717) is 18.0 Å². The van der Waals surface area contributed by atoms with E-state index in [1.54, 1.807) is 12.4 Å². The Bertz CT molecular complexity index is 646. The molecule has 2 heterocycles. The first kappa shape index (κ1) is 19.2. The molecule has 0 aliphatic carbocycles. The number of halogens is 1. The van der Waals surface area contributed by atoms with Gasteiger partial charge in [0.05, 0.1) is 23.1 Å². The number of unbranched alkanes of at least 4 members (excludes halogenated alkanes) is 1. The molecule has 0 aromatic carbocycles. The lowest BCUT2D eigenvalue weighted by molar-refractivity contribution is -0.116. The molecule has 2 N–H and O–H groups in total. The number of carbonyl (C=O) groups is 1. The standard InChI is InChI=1S/C17H24N4O.ClH/c1-4-5-8-15(22)21-14-11-19-13-7-6-9-18-16(13)17(14)20-10-12(2)3;/h6-7,9,11-12H,4-5,8,10H2,1-3H3,(H,19,20)(H,21,22);1H. The van der Waals surface area contributed by atoms with Gasteiger partial charge in [-0.05, 0) is 24.5 Å². The van der Waals surface area contributed by atoms with Crippen molar-refractivity contribution in [3.63, 3.8) is 0 Å². The highest BCUT2D eigenvalue weighted by Gasteiger charge is 2.12. The van der Waals surface area contributed by atoms with Gasteiger partial charge < -0.3 is 10.6 Å². The summed E-state index contributed by atoms with van der Waals surface area (Å²) in [6.45, 7) is 7.17. The molecule has 0 atom stereocenters. The van der Waals surface area contributed by atoms with Crippen molar-refractivity contribution in [1.82, 2.24) is 9.97 Å². The average molecular weight is 337 g/mol. The zero-order chi connectivity index (χ0) is 15.9. The topological polar surface area (TPSA) is 66.9 Å². The number of rotatable bonds is 7. The van der Waals surface area contributed by atoms with Crippen molar-refractivity contribution in [2.45, 2.75) is 40.0 Å². The first-order valence-electron chi connectivity index (χ1n) is 7.89. The lowest BCUT2D eigenvalue weighted by Crippen LogP contribution is -2.15. The van der Waals surface area contributed by atoms with Gasteiger partial charge in [0.15, 0.2) is 0 Å². The number of amides is 1. The molecule has 2 aromatic rings. The van der Waals surface area contributed by atoms with Crippen molar-refractivity contribution in [2.24, 2.45) is 5.92 Å². The Labute approximate surface area is 143 Å². The molecule has 1 amide bonds. The number of fused-ring (bicyclic) bond motifs is 1. The van der Waals surface area contributed by atoms with Crippen LogP contribution >= 0.6 is 12.4 Å². The summed E-state index contributed by atoms with van der Waals surface area (Å²) in [7, 11) is 0. The van der Waals surface area contributed by atoms with Crippen LogP contribution in [-0.4, -0.2) is 22.4 Å². The van der Waals surface area contributed by atoms with E-state index in [9.17, 15) is 4.79 Å². The zero-order valence-electron chi connectivity index (χ0n) is 13.9. The molecule has 5 nitrogen and oxygen atoms in total. The fraction of sp³-hybridized carbons (Fsp3) is 0.471. The molecule has 126 valence electrons. The highest BCUT2D eigenvalue weighted by molar-refractivity contribution is 6.01. The van der Waals surface area contributed by atoms with Crippen LogP contribution in [0.15, 0.2) is 24.5 Å². The van der Waals surface area contributed by atoms with Gasteiger partial charge in [0, 0.05) is 19.2 Å². The van der Waals surface area contributed by atoms with E-state index < -0.39 is 0 Å². The SMILES string of the molecule is CCCCC(=O)Nc1cnc2cccnc2c1NCC(C)C.Cl. The Morgan fingerprint density at radius 1 is 1.30 bits per heavy atom. The van der Waals surface area contributed by atoms with Crippen molar-refractivity contribution in [3.05, 3.63) is 24.5 Å². The molecule has 0 spiro atoms. The summed E-state index contributed by atoms with van der Waals surface area (Å²) in [5.74, 6) is 0.516. The summed E-state index contributed by atoms with van der Waals surface area (Å²) in [4.78, 5) is 20.8. The fourth-order valence-corrected chi connectivity index (χ4v) is 2.15. The number of anilines is 2. The second-order valence-electron chi connectivity index (χ2n) is 5.84. The number of hydrogen-bond donors (Lipinski definition) is 2. The van der Waals surface area contributed by atoms with Crippen LogP contribution in [0.1, 0.15) is 40.0 Å². The smallest absolute Gasteiger partial charge is 0.224 e. The summed E-state index contributed by atoms with van der Waals surface area (Å²) in [6, 6.07) is 3.78. The number of hydrogen-bond acceptors (Lipinski definition) is 4. The normalized spacial score (nSPS) is 10.4. The predicted molar refractivity (Wildman–Crippen MR) is 98.3 cm³/mol. The maximum absolute atomic E-state index is 12.0. The number of nitrogens with one attached hydrogen (secondary N) is 2. The molecule has 2 aromatic heterocycles. The third-order valence-corrected chi connectivity index (χ3v) is 3.34. The molecule has 0 aliphatic heterocycles. The molecule has 6 heteroatoms. The molecule has 0 fully saturated rings. The summed E-state index contributed by atoms with van der Waals surface area (Å²) >= 11 is 0. The number of aromatic nitrogens is 2. The van der Waals surface area contributed by atoms with E-state index >= 15 is 0 Å². The quantitative estimate of drug-likeness (QED) is 0.793. The van der Waals surface area contributed by atoms with Crippen LogP contribution in [0.5, 0.6) is 0 Å². The molecule has 23 heavy (non-hydrogen) atoms. The van der Waals surface area contributed by atoms with E-state index in [2.05, 4.69) is 41.4 Å². The van der Waals surface area contributed by atoms with Gasteiger partial charge in [-0.15, -0.1) is 12.4 Å². The predicted octanol–water partition coefficient (Wildman–Crippen LogP) is 4.25. The van der Waals surface area contributed by atoms with Crippen LogP contribution in [0, 0.1) is 5.92 Å². The minimum atomic E-state index is 0. The number of pyridine rings is 2. The molecular formula is C17H25ClN4O. The van der Waals surface area contributed by atoms with Crippen molar-refractivity contribution >= 4 is 40.7 Å². The Morgan fingerprint density at radius 3 is 2.78 bits per heavy atom. The molecule has 0 saturated heterocycles. The maximum atomic E-state index is 12.0. The molecular weight excluding hydrogens is 312 g/mol. The van der Waals surface area contributed by atoms with Gasteiger partial charge >= 0.3 is 0 Å². The van der Waals surface area contributed by atoms with Gasteiger partial charge in [0.2, 0.25) is 5.91 Å². The largest absolute Gasteiger partial charge is 0.381 e. The molecule has 0 bridgehead atoms. The molecule has 2 rings (SSSR count). The van der Waals surface area contributed by atoms with Gasteiger partial charge in [0.1, 0.15) is 5.52 Å². The molecule has 0 saturated carbocycles. The molecule has 0 aliphatic rings. The third kappa shape index (κ3) is 5.36. The van der Waals surface area contributed by atoms with Crippen molar-refractivity contribution < 1.29 is 4.79 Å². The summed E-state index contributed by atoms with van der Waals surface area (Å²) in [5, 5.41) is 6.36. The van der Waals surface area contributed by atoms with Crippen molar-refractivity contribution in [3.8, 4) is 0 Å². The van der Waals surface area contributed by atoms with Crippen LogP contribution in [0.3, 0.4) is 0 Å². The third-order valence-electron chi connectivity index (χ3n) is 3.34. The second kappa shape index (κ2) is 9.30. The van der Waals surface area contributed by atoms with E-state index in [1.165, 1.54) is 0 Å². The van der Waals surface area contributed by atoms with Gasteiger partial charge in [-0.1, -0.05) is 27.2 Å². The Kier molecular flexibility index (Phi) is 7.75. The maximum Gasteiger partial charge on any atom is 0.224 e. The van der Waals surface area contributed by atoms with Gasteiger partial charge in [-0.2, -0.15) is 0 Å². The van der Waals surface area contributed by atoms with Gasteiger partial charge in [-0.25, -0.2) is 0 Å². The summed E-state index contributed by atoms with van der Waals surface area (Å²) in [5.41, 5.74) is 3.16. The minimum absolute atomic E-state index is 0. The van der Waals surface area contributed by atoms with Gasteiger partial charge in [0.25, 0.3) is 0 Å². The van der Waals surface area contributed by atoms with Gasteiger partial charge in [-0.3, -0.25) is 14.8 Å². The van der Waals surface area contributed by atoms with E-state index in [4.69, 9.17) is 0 Å². The van der Waals surface area contributed by atoms with Crippen LogP contribution in [0.2, 0.25) is 0 Å². The zero-order valence-corrected chi connectivity index (χ0v) is 14.7. The Hall–Kier alpha value is -1.88. The molecule has 0 radical (unpaired) electrons. The lowest BCUT2D eigenvalue weighted by Gasteiger charge is -2.16. The van der Waals surface area contributed by atoms with Crippen molar-refractivity contribution in [1.29, 1.82) is 0 Å². The lowest BCUT2D eigenvalue weighted by atomic mass is 10.2. The number of nitrogens with zero attached hydrogens (tertiary/aromatic N) is 2. The highest BCUT2D eigenvalue weighted by atomic mass is 35.5. The number of carbonyl (C=O) groups excluding carboxylic acids is 1. The van der Waals surface area contributed by atoms with Crippen LogP contribution in [-0.2, 0) is 4.79 Å². The Balaban J connectivity index is 0.00000264. The van der Waals surface area contributed by atoms with Crippen molar-refractivity contribution in [2.75, 3.05) is 17.2 Å². The highest BCUT2D eigenvalue weighted by Crippen LogP contribution is 2.28. The van der Waals surface area contributed by atoms with Crippen LogP contribution in [0.4, 0.5) is 11.4 Å². The van der Waals surface area contributed by atoms with Crippen LogP contribution in [0.25, 0.3) is 11.0 Å². The van der Waals surface area contributed by atoms with E-state index in [-0.39, 0.29) is 18.3 Å². The van der Waals surface area contributed by atoms with Crippen LogP contribution < -0.4 is 10.6 Å². The fourth-order valence-electron chi connectivity index (χ4n) is 2.15. The minimum Gasteiger partial charge on any atom is -0.381 e. The monoisotopic (exact) mass is 336 g/mol. The Morgan fingerprint density at radius 2 is 2.09 bits per heavy atom. The van der Waals surface area contributed by atoms with E-state index in [1.807, 2.05) is 12.1 Å².